The van der Waals surface area contributed by atoms with Crippen LogP contribution in [0.25, 0.3) is 11.4 Å². The van der Waals surface area contributed by atoms with Crippen LogP contribution in [0, 0.1) is 11.3 Å². The molecule has 0 aliphatic heterocycles. The minimum Gasteiger partial charge on any atom is -0.374 e. The van der Waals surface area contributed by atoms with Gasteiger partial charge in [0.15, 0.2) is 0 Å². The average molecular weight is 339 g/mol. The topological polar surface area (TPSA) is 74.7 Å². The molecule has 1 atom stereocenters. The van der Waals surface area contributed by atoms with Gasteiger partial charge in [0.1, 0.15) is 6.04 Å². The number of halogens is 1. The van der Waals surface area contributed by atoms with Crippen LogP contribution in [-0.4, -0.2) is 10.1 Å². The summed E-state index contributed by atoms with van der Waals surface area (Å²) in [5.41, 5.74) is 2.76. The first-order valence-electron chi connectivity index (χ1n) is 7.47. The van der Waals surface area contributed by atoms with E-state index in [4.69, 9.17) is 21.4 Å². The van der Waals surface area contributed by atoms with E-state index in [-0.39, 0.29) is 6.04 Å². The second-order valence-electron chi connectivity index (χ2n) is 5.36. The van der Waals surface area contributed by atoms with Gasteiger partial charge in [0.2, 0.25) is 11.7 Å². The van der Waals surface area contributed by atoms with E-state index in [0.29, 0.717) is 23.2 Å². The van der Waals surface area contributed by atoms with Gasteiger partial charge in [-0.3, -0.25) is 0 Å². The summed E-state index contributed by atoms with van der Waals surface area (Å²) < 4.78 is 5.35. The van der Waals surface area contributed by atoms with Crippen molar-refractivity contribution in [3.05, 3.63) is 65.0 Å². The van der Waals surface area contributed by atoms with Crippen molar-refractivity contribution in [1.29, 1.82) is 5.26 Å². The summed E-state index contributed by atoms with van der Waals surface area (Å²) in [6, 6.07) is 17.0. The molecule has 120 valence electrons. The number of nitrogens with zero attached hydrogens (tertiary/aromatic N) is 3. The monoisotopic (exact) mass is 338 g/mol. The Morgan fingerprint density at radius 3 is 2.54 bits per heavy atom. The zero-order valence-corrected chi connectivity index (χ0v) is 13.8. The molecule has 3 rings (SSSR count). The zero-order chi connectivity index (χ0) is 16.9. The number of benzene rings is 2. The minimum absolute atomic E-state index is 0.139. The first kappa shape index (κ1) is 16.0. The highest BCUT2D eigenvalue weighted by molar-refractivity contribution is 6.30. The van der Waals surface area contributed by atoms with Crippen molar-refractivity contribution in [1.82, 2.24) is 10.1 Å². The number of nitrogens with one attached hydrogen (secondary N) is 1. The van der Waals surface area contributed by atoms with Crippen molar-refractivity contribution in [2.24, 2.45) is 0 Å². The maximum Gasteiger partial charge on any atom is 0.249 e. The molecule has 1 heterocycles. The van der Waals surface area contributed by atoms with Crippen LogP contribution in [0.1, 0.15) is 24.4 Å². The number of aromatic nitrogens is 2. The Morgan fingerprint density at radius 1 is 1.17 bits per heavy atom. The Balaban J connectivity index is 1.70. The van der Waals surface area contributed by atoms with Crippen molar-refractivity contribution in [3.63, 3.8) is 0 Å². The van der Waals surface area contributed by atoms with Crippen LogP contribution in [0.3, 0.4) is 0 Å². The fourth-order valence-electron chi connectivity index (χ4n) is 2.25. The molecule has 6 heteroatoms. The Kier molecular flexibility index (Phi) is 4.78. The number of nitriles is 1. The van der Waals surface area contributed by atoms with Crippen LogP contribution in [0.4, 0.5) is 5.69 Å². The van der Waals surface area contributed by atoms with Gasteiger partial charge in [0.25, 0.3) is 0 Å². The standard InChI is InChI=1S/C18H15ClN4O/c1-12(21-16-8-2-13(3-9-16)10-11-20)18-22-17(23-24-18)14-4-6-15(19)7-5-14/h2-9,12,21H,10H2,1H3/t12-/m0/s1. The second-order valence-corrected chi connectivity index (χ2v) is 5.80. The lowest BCUT2D eigenvalue weighted by Crippen LogP contribution is -2.07. The predicted molar refractivity (Wildman–Crippen MR) is 92.5 cm³/mol. The summed E-state index contributed by atoms with van der Waals surface area (Å²) in [6.07, 6.45) is 0.407. The maximum atomic E-state index is 8.69. The molecule has 0 amide bonds. The molecule has 5 nitrogen and oxygen atoms in total. The lowest BCUT2D eigenvalue weighted by Gasteiger charge is -2.11. The highest BCUT2D eigenvalue weighted by atomic mass is 35.5. The molecule has 0 unspecified atom stereocenters. The van der Waals surface area contributed by atoms with Gasteiger partial charge in [0, 0.05) is 16.3 Å². The molecule has 0 spiro atoms. The molecule has 0 fully saturated rings. The van der Waals surface area contributed by atoms with E-state index >= 15 is 0 Å². The molecule has 0 bridgehead atoms. The molecule has 0 radical (unpaired) electrons. The molecule has 2 aromatic carbocycles. The zero-order valence-electron chi connectivity index (χ0n) is 13.0. The Hall–Kier alpha value is -2.84. The Labute approximate surface area is 144 Å². The summed E-state index contributed by atoms with van der Waals surface area (Å²) >= 11 is 5.88. The largest absolute Gasteiger partial charge is 0.374 e. The van der Waals surface area contributed by atoms with Crippen molar-refractivity contribution >= 4 is 17.3 Å². The van der Waals surface area contributed by atoms with E-state index in [9.17, 15) is 0 Å². The number of anilines is 1. The first-order valence-corrected chi connectivity index (χ1v) is 7.85. The summed E-state index contributed by atoms with van der Waals surface area (Å²) in [7, 11) is 0. The highest BCUT2D eigenvalue weighted by Crippen LogP contribution is 2.23. The average Bonchev–Trinajstić information content (AvgIpc) is 3.08. The third kappa shape index (κ3) is 3.73. The summed E-state index contributed by atoms with van der Waals surface area (Å²) in [6.45, 7) is 1.95. The van der Waals surface area contributed by atoms with Crippen LogP contribution in [0.2, 0.25) is 5.02 Å². The minimum atomic E-state index is -0.139. The lowest BCUT2D eigenvalue weighted by atomic mass is 10.1. The molecular weight excluding hydrogens is 324 g/mol. The van der Waals surface area contributed by atoms with E-state index in [0.717, 1.165) is 16.8 Å². The molecule has 0 saturated carbocycles. The predicted octanol–water partition coefficient (Wildman–Crippen LogP) is 4.63. The van der Waals surface area contributed by atoms with E-state index < -0.39 is 0 Å². The van der Waals surface area contributed by atoms with Gasteiger partial charge in [0.05, 0.1) is 12.5 Å². The summed E-state index contributed by atoms with van der Waals surface area (Å²) in [5, 5.41) is 16.7. The molecular formula is C18H15ClN4O. The third-order valence-corrected chi connectivity index (χ3v) is 3.79. The summed E-state index contributed by atoms with van der Waals surface area (Å²) in [4.78, 5) is 4.43. The number of hydrogen-bond donors (Lipinski definition) is 1. The number of hydrogen-bond acceptors (Lipinski definition) is 5. The highest BCUT2D eigenvalue weighted by Gasteiger charge is 2.15. The van der Waals surface area contributed by atoms with Gasteiger partial charge < -0.3 is 9.84 Å². The molecule has 0 aliphatic carbocycles. The van der Waals surface area contributed by atoms with Crippen LogP contribution in [0.15, 0.2) is 53.1 Å². The normalized spacial score (nSPS) is 11.7. The molecule has 24 heavy (non-hydrogen) atoms. The quantitative estimate of drug-likeness (QED) is 0.734. The second kappa shape index (κ2) is 7.16. The summed E-state index contributed by atoms with van der Waals surface area (Å²) in [5.74, 6) is 1.03. The third-order valence-electron chi connectivity index (χ3n) is 3.53. The fraction of sp³-hybridized carbons (Fsp3) is 0.167. The van der Waals surface area contributed by atoms with Gasteiger partial charge in [-0.1, -0.05) is 28.9 Å². The van der Waals surface area contributed by atoms with Crippen LogP contribution in [0.5, 0.6) is 0 Å². The van der Waals surface area contributed by atoms with E-state index in [2.05, 4.69) is 21.5 Å². The van der Waals surface area contributed by atoms with Crippen LogP contribution >= 0.6 is 11.6 Å². The van der Waals surface area contributed by atoms with Gasteiger partial charge in [-0.15, -0.1) is 0 Å². The lowest BCUT2D eigenvalue weighted by molar-refractivity contribution is 0.368. The van der Waals surface area contributed by atoms with E-state index in [1.54, 1.807) is 12.1 Å². The first-order chi connectivity index (χ1) is 11.7. The van der Waals surface area contributed by atoms with Crippen molar-refractivity contribution in [3.8, 4) is 17.5 Å². The molecule has 0 aliphatic rings. The van der Waals surface area contributed by atoms with Crippen molar-refractivity contribution in [2.45, 2.75) is 19.4 Å². The van der Waals surface area contributed by atoms with Crippen molar-refractivity contribution in [2.75, 3.05) is 5.32 Å². The molecule has 3 aromatic rings. The van der Waals surface area contributed by atoms with Crippen LogP contribution in [-0.2, 0) is 6.42 Å². The maximum absolute atomic E-state index is 8.69. The fourth-order valence-corrected chi connectivity index (χ4v) is 2.38. The van der Waals surface area contributed by atoms with Gasteiger partial charge in [-0.2, -0.15) is 10.2 Å². The molecule has 0 saturated heterocycles. The molecule has 1 N–H and O–H groups in total. The van der Waals surface area contributed by atoms with Crippen molar-refractivity contribution < 1.29 is 4.52 Å². The Bertz CT molecular complexity index is 850. The van der Waals surface area contributed by atoms with Gasteiger partial charge in [-0.05, 0) is 48.9 Å². The smallest absolute Gasteiger partial charge is 0.249 e. The van der Waals surface area contributed by atoms with Gasteiger partial charge >= 0.3 is 0 Å². The van der Waals surface area contributed by atoms with Crippen LogP contribution < -0.4 is 5.32 Å². The SMILES string of the molecule is C[C@H](Nc1ccc(CC#N)cc1)c1nc(-c2ccc(Cl)cc2)no1. The Morgan fingerprint density at radius 2 is 1.88 bits per heavy atom. The number of rotatable bonds is 5. The van der Waals surface area contributed by atoms with E-state index in [1.165, 1.54) is 0 Å². The van der Waals surface area contributed by atoms with Gasteiger partial charge in [-0.25, -0.2) is 0 Å². The molecule has 1 aromatic heterocycles. The van der Waals surface area contributed by atoms with E-state index in [1.807, 2.05) is 43.3 Å².